The van der Waals surface area contributed by atoms with Gasteiger partial charge >= 0.3 is 7.82 Å². The molecule has 0 radical (unpaired) electrons. The first-order valence-electron chi connectivity index (χ1n) is 7.14. The Labute approximate surface area is 120 Å². The Bertz CT molecular complexity index is 398. The predicted molar refractivity (Wildman–Crippen MR) is 73.4 cm³/mol. The van der Waals surface area contributed by atoms with Crippen LogP contribution in [-0.2, 0) is 23.1 Å². The lowest BCUT2D eigenvalue weighted by Crippen LogP contribution is -2.59. The number of hydrogen-bond acceptors (Lipinski definition) is 5. The van der Waals surface area contributed by atoms with Crippen LogP contribution in [-0.4, -0.2) is 41.5 Å². The van der Waals surface area contributed by atoms with E-state index in [0.717, 1.165) is 6.42 Å². The number of rotatable bonds is 6. The second kappa shape index (κ2) is 5.67. The van der Waals surface area contributed by atoms with Crippen molar-refractivity contribution in [2.45, 2.75) is 71.1 Å². The van der Waals surface area contributed by atoms with Gasteiger partial charge in [0.15, 0.2) is 0 Å². The lowest BCUT2D eigenvalue weighted by Gasteiger charge is -2.45. The molecule has 2 unspecified atom stereocenters. The minimum absolute atomic E-state index is 0.294. The lowest BCUT2D eigenvalue weighted by molar-refractivity contribution is -0.233. The van der Waals surface area contributed by atoms with E-state index >= 15 is 0 Å². The monoisotopic (exact) mass is 308 g/mol. The van der Waals surface area contributed by atoms with Gasteiger partial charge in [0.2, 0.25) is 0 Å². The first-order valence-corrected chi connectivity index (χ1v) is 8.64. The number of fused-ring (bicyclic) bond motifs is 1. The molecule has 0 aromatic rings. The van der Waals surface area contributed by atoms with Gasteiger partial charge in [-0.05, 0) is 33.1 Å². The van der Waals surface area contributed by atoms with Crippen molar-refractivity contribution < 1.29 is 28.0 Å². The van der Waals surface area contributed by atoms with Crippen molar-refractivity contribution in [3.8, 4) is 0 Å². The second-order valence-corrected chi connectivity index (χ2v) is 7.77. The summed E-state index contributed by atoms with van der Waals surface area (Å²) in [6.45, 7) is 9.95. The number of hydrogen-bond donors (Lipinski definition) is 1. The van der Waals surface area contributed by atoms with Crippen LogP contribution in [0.2, 0.25) is 0 Å². The van der Waals surface area contributed by atoms with Gasteiger partial charge in [-0.3, -0.25) is 9.05 Å². The highest BCUT2D eigenvalue weighted by Crippen LogP contribution is 2.53. The van der Waals surface area contributed by atoms with E-state index in [1.807, 2.05) is 6.92 Å². The third-order valence-electron chi connectivity index (χ3n) is 3.56. The van der Waals surface area contributed by atoms with Gasteiger partial charge in [-0.1, -0.05) is 13.8 Å². The van der Waals surface area contributed by atoms with Crippen LogP contribution in [0.15, 0.2) is 0 Å². The molecule has 0 aliphatic carbocycles. The zero-order valence-electron chi connectivity index (χ0n) is 12.7. The molecular weight excluding hydrogens is 283 g/mol. The fourth-order valence-electron chi connectivity index (χ4n) is 3.04. The van der Waals surface area contributed by atoms with Crippen molar-refractivity contribution in [1.29, 1.82) is 0 Å². The standard InChI is InChI=1S/C13H25O6P/c1-8(2)6-13-7-16-12(13)11(10(5)17-13)19-20(14,15)18-9(3)4/h8-12H,6-7H2,1-5H3,(H,14,15)/t10-,11+,12?,13+/m0/s1. The molecule has 20 heavy (non-hydrogen) atoms. The molecule has 2 saturated heterocycles. The topological polar surface area (TPSA) is 74.2 Å². The fraction of sp³-hybridized carbons (Fsp3) is 1.00. The summed E-state index contributed by atoms with van der Waals surface area (Å²) >= 11 is 0. The Hall–Kier alpha value is 0.0300. The molecule has 2 aliphatic heterocycles. The molecule has 0 saturated carbocycles. The van der Waals surface area contributed by atoms with Gasteiger partial charge in [0.25, 0.3) is 0 Å². The van der Waals surface area contributed by atoms with Crippen LogP contribution in [0.1, 0.15) is 41.0 Å². The molecule has 6 nitrogen and oxygen atoms in total. The average Bonchev–Trinajstić information content (AvgIpc) is 2.36. The lowest BCUT2D eigenvalue weighted by atomic mass is 9.83. The second-order valence-electron chi connectivity index (χ2n) is 6.41. The molecule has 0 bridgehead atoms. The maximum absolute atomic E-state index is 11.9. The van der Waals surface area contributed by atoms with Crippen molar-refractivity contribution in [2.75, 3.05) is 6.61 Å². The van der Waals surface area contributed by atoms with E-state index in [1.165, 1.54) is 0 Å². The summed E-state index contributed by atoms with van der Waals surface area (Å²) in [6, 6.07) is 0. The summed E-state index contributed by atoms with van der Waals surface area (Å²) in [4.78, 5) is 9.76. The van der Waals surface area contributed by atoms with Crippen LogP contribution in [0.3, 0.4) is 0 Å². The molecule has 2 aliphatic rings. The van der Waals surface area contributed by atoms with E-state index in [2.05, 4.69) is 13.8 Å². The first kappa shape index (κ1) is 16.4. The Balaban J connectivity index is 2.05. The Morgan fingerprint density at radius 1 is 1.40 bits per heavy atom. The Morgan fingerprint density at radius 2 is 2.05 bits per heavy atom. The molecule has 2 rings (SSSR count). The molecule has 2 fully saturated rings. The fourth-order valence-corrected chi connectivity index (χ4v) is 4.22. The highest BCUT2D eigenvalue weighted by molar-refractivity contribution is 7.47. The van der Waals surface area contributed by atoms with Crippen LogP contribution in [0, 0.1) is 5.92 Å². The molecular formula is C13H25O6P. The third kappa shape index (κ3) is 3.26. The van der Waals surface area contributed by atoms with Gasteiger partial charge < -0.3 is 14.4 Å². The third-order valence-corrected chi connectivity index (χ3v) is 4.76. The number of phosphoric acid groups is 1. The molecule has 0 aromatic heterocycles. The smallest absolute Gasteiger partial charge is 0.369 e. The average molecular weight is 308 g/mol. The summed E-state index contributed by atoms with van der Waals surface area (Å²) in [5.74, 6) is 0.459. The van der Waals surface area contributed by atoms with Crippen LogP contribution in [0.25, 0.3) is 0 Å². The minimum Gasteiger partial charge on any atom is -0.369 e. The Kier molecular flexibility index (Phi) is 4.65. The van der Waals surface area contributed by atoms with E-state index < -0.39 is 13.9 Å². The minimum atomic E-state index is -4.09. The molecule has 7 heteroatoms. The van der Waals surface area contributed by atoms with E-state index in [4.69, 9.17) is 18.5 Å². The van der Waals surface area contributed by atoms with Crippen molar-refractivity contribution >= 4 is 7.82 Å². The summed E-state index contributed by atoms with van der Waals surface area (Å²) in [6.07, 6.45) is -0.695. The van der Waals surface area contributed by atoms with E-state index in [9.17, 15) is 9.46 Å². The maximum atomic E-state index is 11.9. The molecule has 5 atom stereocenters. The highest BCUT2D eigenvalue weighted by Gasteiger charge is 2.62. The van der Waals surface area contributed by atoms with Gasteiger partial charge in [-0.2, -0.15) is 0 Å². The first-order chi connectivity index (χ1) is 9.15. The van der Waals surface area contributed by atoms with Crippen LogP contribution >= 0.6 is 7.82 Å². The predicted octanol–water partition coefficient (Wildman–Crippen LogP) is 2.50. The SMILES string of the molecule is CC(C)C[C@@]12COC1[C@H](OP(=O)(O)OC(C)C)[C@H](C)O2. The van der Waals surface area contributed by atoms with Crippen LogP contribution in [0.4, 0.5) is 0 Å². The molecule has 0 amide bonds. The summed E-state index contributed by atoms with van der Waals surface area (Å²) < 4.78 is 33.7. The molecule has 118 valence electrons. The number of ether oxygens (including phenoxy) is 2. The zero-order chi connectivity index (χ0) is 15.1. The zero-order valence-corrected chi connectivity index (χ0v) is 13.6. The van der Waals surface area contributed by atoms with Crippen LogP contribution in [0.5, 0.6) is 0 Å². The van der Waals surface area contributed by atoms with Crippen molar-refractivity contribution in [2.24, 2.45) is 5.92 Å². The normalized spacial score (nSPS) is 39.7. The largest absolute Gasteiger partial charge is 0.472 e. The van der Waals surface area contributed by atoms with Crippen molar-refractivity contribution in [1.82, 2.24) is 0 Å². The summed E-state index contributed by atoms with van der Waals surface area (Å²) in [7, 11) is -4.09. The highest BCUT2D eigenvalue weighted by atomic mass is 31.2. The van der Waals surface area contributed by atoms with Gasteiger partial charge in [0, 0.05) is 0 Å². The molecule has 0 aromatic carbocycles. The number of phosphoric ester groups is 1. The van der Waals surface area contributed by atoms with Crippen molar-refractivity contribution in [3.63, 3.8) is 0 Å². The van der Waals surface area contributed by atoms with Gasteiger partial charge in [-0.25, -0.2) is 4.57 Å². The molecule has 1 N–H and O–H groups in total. The molecule has 0 spiro atoms. The maximum Gasteiger partial charge on any atom is 0.472 e. The van der Waals surface area contributed by atoms with Crippen LogP contribution < -0.4 is 0 Å². The van der Waals surface area contributed by atoms with E-state index in [1.54, 1.807) is 13.8 Å². The van der Waals surface area contributed by atoms with E-state index in [0.29, 0.717) is 12.5 Å². The van der Waals surface area contributed by atoms with E-state index in [-0.39, 0.29) is 23.9 Å². The van der Waals surface area contributed by atoms with Gasteiger partial charge in [0.05, 0.1) is 18.8 Å². The quantitative estimate of drug-likeness (QED) is 0.760. The van der Waals surface area contributed by atoms with Gasteiger partial charge in [-0.15, -0.1) is 0 Å². The van der Waals surface area contributed by atoms with Crippen molar-refractivity contribution in [3.05, 3.63) is 0 Å². The summed E-state index contributed by atoms with van der Waals surface area (Å²) in [5.41, 5.74) is -0.379. The Morgan fingerprint density at radius 3 is 2.50 bits per heavy atom. The molecule has 2 heterocycles. The van der Waals surface area contributed by atoms with Gasteiger partial charge in [0.1, 0.15) is 17.8 Å². The summed E-state index contributed by atoms with van der Waals surface area (Å²) in [5, 5.41) is 0.